The highest BCUT2D eigenvalue weighted by atomic mass is 35.5. The van der Waals surface area contributed by atoms with E-state index in [1.54, 1.807) is 35.8 Å². The summed E-state index contributed by atoms with van der Waals surface area (Å²) >= 11 is 6.07. The van der Waals surface area contributed by atoms with E-state index in [4.69, 9.17) is 21.1 Å². The van der Waals surface area contributed by atoms with E-state index in [9.17, 15) is 26.4 Å². The van der Waals surface area contributed by atoms with Gasteiger partial charge >= 0.3 is 6.18 Å². The van der Waals surface area contributed by atoms with Gasteiger partial charge in [0.05, 0.1) is 29.2 Å². The number of sulfonamides is 1. The van der Waals surface area contributed by atoms with Crippen LogP contribution < -0.4 is 9.64 Å². The lowest BCUT2D eigenvalue weighted by atomic mass is 10.1. The minimum absolute atomic E-state index is 0.0876. The number of nitrogens with zero attached hydrogens (tertiary/aromatic N) is 4. The average Bonchev–Trinajstić information content (AvgIpc) is 2.92. The molecule has 0 saturated carbocycles. The zero-order valence-electron chi connectivity index (χ0n) is 23.2. The Bertz CT molecular complexity index is 1340. The number of aromatic nitrogens is 1. The number of amides is 1. The molecule has 2 aromatic rings. The molecule has 2 saturated heterocycles. The van der Waals surface area contributed by atoms with Gasteiger partial charge in [-0.1, -0.05) is 18.0 Å². The number of carbonyl (C=O) groups is 1. The van der Waals surface area contributed by atoms with E-state index >= 15 is 0 Å². The summed E-state index contributed by atoms with van der Waals surface area (Å²) in [6.45, 7) is 5.09. The fraction of sp³-hybridized carbons (Fsp3) is 0.556. The second-order valence-corrected chi connectivity index (χ2v) is 12.5. The molecule has 2 fully saturated rings. The van der Waals surface area contributed by atoms with Crippen molar-refractivity contribution in [2.45, 2.75) is 50.2 Å². The highest BCUT2D eigenvalue weighted by Gasteiger charge is 2.36. The lowest BCUT2D eigenvalue weighted by molar-refractivity contribution is -0.138. The third-order valence-electron chi connectivity index (χ3n) is 7.43. The van der Waals surface area contributed by atoms with Crippen LogP contribution in [0.2, 0.25) is 5.02 Å². The number of anilines is 1. The first-order chi connectivity index (χ1) is 19.3. The van der Waals surface area contributed by atoms with Gasteiger partial charge in [0.1, 0.15) is 18.2 Å². The van der Waals surface area contributed by atoms with Crippen LogP contribution in [0.4, 0.5) is 19.0 Å². The van der Waals surface area contributed by atoms with Gasteiger partial charge in [0.15, 0.2) is 0 Å². The Morgan fingerprint density at radius 2 is 1.73 bits per heavy atom. The van der Waals surface area contributed by atoms with Crippen LogP contribution in [0.5, 0.6) is 5.75 Å². The molecule has 41 heavy (non-hydrogen) atoms. The lowest BCUT2D eigenvalue weighted by Gasteiger charge is -2.36. The molecule has 14 heteroatoms. The summed E-state index contributed by atoms with van der Waals surface area (Å²) in [5.74, 6) is 0.586. The summed E-state index contributed by atoms with van der Waals surface area (Å²) in [5, 5.41) is -0.102. The predicted molar refractivity (Wildman–Crippen MR) is 148 cm³/mol. The number of aryl methyl sites for hydroxylation is 2. The number of halogens is 4. The molecule has 0 radical (unpaired) electrons. The maximum absolute atomic E-state index is 13.7. The van der Waals surface area contributed by atoms with Gasteiger partial charge in [-0.3, -0.25) is 4.79 Å². The van der Waals surface area contributed by atoms with E-state index in [1.807, 2.05) is 0 Å². The molecule has 3 heterocycles. The van der Waals surface area contributed by atoms with Crippen LogP contribution in [0.15, 0.2) is 29.3 Å². The first-order valence-corrected chi connectivity index (χ1v) is 15.1. The Kier molecular flexibility index (Phi) is 9.72. The van der Waals surface area contributed by atoms with Crippen molar-refractivity contribution >= 4 is 33.3 Å². The topological polar surface area (TPSA) is 92.3 Å². The summed E-state index contributed by atoms with van der Waals surface area (Å²) in [7, 11) is -2.26. The van der Waals surface area contributed by atoms with Gasteiger partial charge in [-0.2, -0.15) is 17.5 Å². The number of pyridine rings is 1. The lowest BCUT2D eigenvalue weighted by Crippen LogP contribution is -2.50. The largest absolute Gasteiger partial charge is 0.497 e. The van der Waals surface area contributed by atoms with E-state index in [2.05, 4.69) is 4.98 Å². The molecule has 0 N–H and O–H groups in total. The number of carbonyl (C=O) groups excluding carboxylic acids is 1. The molecule has 1 atom stereocenters. The molecule has 226 valence electrons. The Morgan fingerprint density at radius 1 is 1.07 bits per heavy atom. The van der Waals surface area contributed by atoms with Crippen LogP contribution in [-0.2, 0) is 25.7 Å². The van der Waals surface area contributed by atoms with Crippen molar-refractivity contribution < 1.29 is 35.9 Å². The summed E-state index contributed by atoms with van der Waals surface area (Å²) in [6, 6.07) is 3.86. The van der Waals surface area contributed by atoms with Crippen molar-refractivity contribution in [1.29, 1.82) is 0 Å². The third kappa shape index (κ3) is 7.07. The maximum atomic E-state index is 13.7. The Morgan fingerprint density at radius 3 is 2.32 bits per heavy atom. The third-order valence-corrected chi connectivity index (χ3v) is 9.96. The summed E-state index contributed by atoms with van der Waals surface area (Å²) < 4.78 is 78.7. The number of methoxy groups -OCH3 is 1. The van der Waals surface area contributed by atoms with Crippen molar-refractivity contribution in [2.75, 3.05) is 57.9 Å². The number of hydrogen-bond donors (Lipinski definition) is 0. The smallest absolute Gasteiger partial charge is 0.417 e. The van der Waals surface area contributed by atoms with Crippen LogP contribution in [0.3, 0.4) is 0 Å². The second-order valence-electron chi connectivity index (χ2n) is 10.3. The Balaban J connectivity index is 1.32. The van der Waals surface area contributed by atoms with Crippen LogP contribution in [0, 0.1) is 13.8 Å². The van der Waals surface area contributed by atoms with Crippen molar-refractivity contribution in [1.82, 2.24) is 14.2 Å². The van der Waals surface area contributed by atoms with Crippen molar-refractivity contribution in [3.05, 3.63) is 46.1 Å². The molecule has 2 aliphatic heterocycles. The molecule has 9 nitrogen and oxygen atoms in total. The zero-order chi connectivity index (χ0) is 29.9. The number of hydrogen-bond acceptors (Lipinski definition) is 7. The molecule has 2 aliphatic rings. The SMILES string of the molecule is COc1cc(C)c(S(=O)(=O)N2CCCCC2COCC(=O)N2CCN(c3ncc(C(F)(F)F)cc3Cl)CC2)c(C)c1. The number of piperidine rings is 1. The number of alkyl halides is 3. The van der Waals surface area contributed by atoms with Crippen LogP contribution in [0.25, 0.3) is 0 Å². The Hall–Kier alpha value is -2.61. The van der Waals surface area contributed by atoms with Crippen molar-refractivity contribution in [3.8, 4) is 5.75 Å². The molecule has 1 aromatic heterocycles. The van der Waals surface area contributed by atoms with E-state index in [0.29, 0.717) is 56.0 Å². The monoisotopic (exact) mass is 618 g/mol. The highest BCUT2D eigenvalue weighted by Crippen LogP contribution is 2.34. The van der Waals surface area contributed by atoms with Gasteiger partial charge in [-0.15, -0.1) is 0 Å². The normalized spacial score (nSPS) is 19.0. The first-order valence-electron chi connectivity index (χ1n) is 13.3. The van der Waals surface area contributed by atoms with Gasteiger partial charge < -0.3 is 19.3 Å². The molecule has 0 spiro atoms. The molecule has 1 unspecified atom stereocenters. The fourth-order valence-corrected chi connectivity index (χ4v) is 7.75. The van der Waals surface area contributed by atoms with Gasteiger partial charge in [0, 0.05) is 45.0 Å². The summed E-state index contributed by atoms with van der Waals surface area (Å²) in [6.07, 6.45) is -1.56. The number of ether oxygens (including phenoxy) is 2. The van der Waals surface area contributed by atoms with E-state index in [0.717, 1.165) is 25.1 Å². The predicted octanol–water partition coefficient (Wildman–Crippen LogP) is 4.29. The van der Waals surface area contributed by atoms with Crippen molar-refractivity contribution in [2.24, 2.45) is 0 Å². The molecule has 1 aromatic carbocycles. The van der Waals surface area contributed by atoms with Gasteiger partial charge in [0.25, 0.3) is 0 Å². The number of rotatable bonds is 8. The van der Waals surface area contributed by atoms with Crippen LogP contribution in [0.1, 0.15) is 36.0 Å². The first kappa shape index (κ1) is 31.3. The fourth-order valence-electron chi connectivity index (χ4n) is 5.37. The van der Waals surface area contributed by atoms with E-state index in [-0.39, 0.29) is 34.9 Å². The van der Waals surface area contributed by atoms with E-state index < -0.39 is 27.8 Å². The van der Waals surface area contributed by atoms with E-state index in [1.165, 1.54) is 11.4 Å². The molecule has 1 amide bonds. The second kappa shape index (κ2) is 12.7. The van der Waals surface area contributed by atoms with Gasteiger partial charge in [-0.05, 0) is 56.0 Å². The minimum Gasteiger partial charge on any atom is -0.497 e. The van der Waals surface area contributed by atoms with Gasteiger partial charge in [0.2, 0.25) is 15.9 Å². The van der Waals surface area contributed by atoms with Crippen molar-refractivity contribution in [3.63, 3.8) is 0 Å². The van der Waals surface area contributed by atoms with Gasteiger partial charge in [-0.25, -0.2) is 13.4 Å². The minimum atomic E-state index is -4.54. The molecular weight excluding hydrogens is 585 g/mol. The highest BCUT2D eigenvalue weighted by molar-refractivity contribution is 7.89. The standard InChI is InChI=1S/C27H34ClF3N4O5S/c1-18-12-22(39-3)13-19(2)25(18)41(37,38)35-7-5-4-6-21(35)16-40-17-24(36)33-8-10-34(11-9-33)26-23(28)14-20(15-32-26)27(29,30)31/h12-15,21H,4-11,16-17H2,1-3H3. The number of piperazine rings is 1. The zero-order valence-corrected chi connectivity index (χ0v) is 24.8. The summed E-state index contributed by atoms with van der Waals surface area (Å²) in [4.78, 5) is 20.3. The maximum Gasteiger partial charge on any atom is 0.417 e. The quantitative estimate of drug-likeness (QED) is 0.436. The average molecular weight is 619 g/mol. The van der Waals surface area contributed by atoms with Crippen LogP contribution >= 0.6 is 11.6 Å². The molecule has 4 rings (SSSR count). The molecule has 0 bridgehead atoms. The van der Waals surface area contributed by atoms with Crippen LogP contribution in [-0.4, -0.2) is 87.6 Å². The summed E-state index contributed by atoms with van der Waals surface area (Å²) in [5.41, 5.74) is 0.291. The molecule has 0 aliphatic carbocycles. The number of benzene rings is 1. The Labute approximate surface area is 243 Å². The molecular formula is C27H34ClF3N4O5S.